The number of thiazole rings is 1. The number of fused-ring (bicyclic) bond motifs is 1. The van der Waals surface area contributed by atoms with Gasteiger partial charge in [-0.2, -0.15) is 0 Å². The van der Waals surface area contributed by atoms with E-state index in [1.54, 1.807) is 34.9 Å². The van der Waals surface area contributed by atoms with Gasteiger partial charge < -0.3 is 4.74 Å². The first kappa shape index (κ1) is 19.9. The summed E-state index contributed by atoms with van der Waals surface area (Å²) in [6.07, 6.45) is 0. The molecule has 3 aromatic rings. The number of hydrogen-bond acceptors (Lipinski definition) is 5. The van der Waals surface area contributed by atoms with Crippen molar-refractivity contribution in [2.75, 3.05) is 13.2 Å². The Bertz CT molecular complexity index is 1120. The molecule has 1 N–H and O–H groups in total. The molecular weight excluding hydrogens is 408 g/mol. The quantitative estimate of drug-likeness (QED) is 0.585. The summed E-state index contributed by atoms with van der Waals surface area (Å²) in [6.45, 7) is 4.06. The minimum Gasteiger partial charge on any atom is -0.491 e. The zero-order chi connectivity index (χ0) is 19.6. The van der Waals surface area contributed by atoms with Crippen LogP contribution in [0.2, 0.25) is 5.02 Å². The molecule has 0 aliphatic carbocycles. The van der Waals surface area contributed by atoms with E-state index in [-0.39, 0.29) is 29.0 Å². The van der Waals surface area contributed by atoms with Crippen molar-refractivity contribution in [3.8, 4) is 5.75 Å². The molecule has 0 unspecified atom stereocenters. The molecule has 0 aliphatic heterocycles. The molecule has 144 valence electrons. The summed E-state index contributed by atoms with van der Waals surface area (Å²) in [6, 6.07) is 11.7. The van der Waals surface area contributed by atoms with Gasteiger partial charge in [-0.3, -0.25) is 9.36 Å². The zero-order valence-electron chi connectivity index (χ0n) is 14.8. The Labute approximate surface area is 166 Å². The average molecular weight is 427 g/mol. The van der Waals surface area contributed by atoms with E-state index >= 15 is 0 Å². The van der Waals surface area contributed by atoms with Crippen molar-refractivity contribution in [2.45, 2.75) is 24.8 Å². The highest BCUT2D eigenvalue weighted by Crippen LogP contribution is 2.24. The molecule has 0 amide bonds. The van der Waals surface area contributed by atoms with Crippen molar-refractivity contribution >= 4 is 43.2 Å². The Morgan fingerprint density at radius 2 is 1.96 bits per heavy atom. The Balaban J connectivity index is 1.71. The predicted molar refractivity (Wildman–Crippen MR) is 109 cm³/mol. The van der Waals surface area contributed by atoms with Crippen LogP contribution in [0.25, 0.3) is 10.2 Å². The number of benzene rings is 2. The second-order valence-electron chi connectivity index (χ2n) is 6.14. The molecule has 9 heteroatoms. The van der Waals surface area contributed by atoms with Gasteiger partial charge in [0.15, 0.2) is 0 Å². The fourth-order valence-electron chi connectivity index (χ4n) is 2.66. The van der Waals surface area contributed by atoms with E-state index in [0.717, 1.165) is 16.9 Å². The van der Waals surface area contributed by atoms with E-state index in [1.165, 1.54) is 12.1 Å². The molecule has 3 rings (SSSR count). The molecule has 2 aromatic carbocycles. The summed E-state index contributed by atoms with van der Waals surface area (Å²) < 4.78 is 35.3. The predicted octanol–water partition coefficient (Wildman–Crippen LogP) is 3.65. The van der Waals surface area contributed by atoms with E-state index in [4.69, 9.17) is 16.3 Å². The summed E-state index contributed by atoms with van der Waals surface area (Å²) in [4.78, 5) is 12.1. The second-order valence-corrected chi connectivity index (χ2v) is 9.31. The average Bonchev–Trinajstić information content (AvgIpc) is 2.95. The van der Waals surface area contributed by atoms with Gasteiger partial charge in [0.05, 0.1) is 20.1 Å². The van der Waals surface area contributed by atoms with Crippen molar-refractivity contribution < 1.29 is 13.2 Å². The lowest BCUT2D eigenvalue weighted by atomic mass is 10.3. The first-order valence-electron chi connectivity index (χ1n) is 8.31. The fraction of sp³-hybridized carbons (Fsp3) is 0.278. The second kappa shape index (κ2) is 8.02. The maximum atomic E-state index is 12.5. The van der Waals surface area contributed by atoms with Crippen LogP contribution < -0.4 is 14.3 Å². The van der Waals surface area contributed by atoms with E-state index in [0.29, 0.717) is 15.5 Å². The summed E-state index contributed by atoms with van der Waals surface area (Å²) in [5.74, 6) is 0.500. The molecule has 1 aromatic heterocycles. The lowest BCUT2D eigenvalue weighted by molar-refractivity contribution is 0.323. The van der Waals surface area contributed by atoms with Crippen LogP contribution in [-0.4, -0.2) is 26.1 Å². The van der Waals surface area contributed by atoms with Crippen molar-refractivity contribution in [3.05, 3.63) is 57.2 Å². The molecule has 0 atom stereocenters. The van der Waals surface area contributed by atoms with Gasteiger partial charge in [0.1, 0.15) is 12.4 Å². The van der Waals surface area contributed by atoms with Gasteiger partial charge in [0.25, 0.3) is 0 Å². The van der Waals surface area contributed by atoms with E-state index in [9.17, 15) is 13.2 Å². The maximum absolute atomic E-state index is 12.5. The molecule has 0 saturated carbocycles. The van der Waals surface area contributed by atoms with Crippen molar-refractivity contribution in [1.29, 1.82) is 0 Å². The standard InChI is InChI=1S/C18H19ClN2O4S2/c1-12(2)21-15-8-7-13(11-17(15)26-18(21)22)27(23,24)20-9-10-25-16-6-4-3-5-14(16)19/h3-8,11-12,20H,9-10H2,1-2H3. The third-order valence-corrected chi connectivity index (χ3v) is 6.59. The van der Waals surface area contributed by atoms with Gasteiger partial charge in [-0.15, -0.1) is 0 Å². The van der Waals surface area contributed by atoms with Crippen molar-refractivity contribution in [2.24, 2.45) is 0 Å². The molecule has 0 bridgehead atoms. The topological polar surface area (TPSA) is 77.4 Å². The number of ether oxygens (including phenoxy) is 1. The monoisotopic (exact) mass is 426 g/mol. The van der Waals surface area contributed by atoms with Gasteiger partial charge >= 0.3 is 4.87 Å². The normalized spacial score (nSPS) is 12.0. The van der Waals surface area contributed by atoms with Gasteiger partial charge in [0, 0.05) is 12.6 Å². The Morgan fingerprint density at radius 3 is 2.67 bits per heavy atom. The minimum atomic E-state index is -3.71. The number of aromatic nitrogens is 1. The zero-order valence-corrected chi connectivity index (χ0v) is 17.2. The Hall–Kier alpha value is -1.87. The molecule has 0 radical (unpaired) electrons. The highest BCUT2D eigenvalue weighted by Gasteiger charge is 2.17. The number of halogens is 1. The number of sulfonamides is 1. The number of nitrogens with zero attached hydrogens (tertiary/aromatic N) is 1. The number of hydrogen-bond donors (Lipinski definition) is 1. The molecule has 0 fully saturated rings. The molecule has 0 saturated heterocycles. The summed E-state index contributed by atoms with van der Waals surface area (Å²) in [5.41, 5.74) is 0.737. The maximum Gasteiger partial charge on any atom is 0.308 e. The highest BCUT2D eigenvalue weighted by molar-refractivity contribution is 7.89. The van der Waals surface area contributed by atoms with E-state index < -0.39 is 10.0 Å². The smallest absolute Gasteiger partial charge is 0.308 e. The van der Waals surface area contributed by atoms with Crippen molar-refractivity contribution in [3.63, 3.8) is 0 Å². The Morgan fingerprint density at radius 1 is 1.22 bits per heavy atom. The van der Waals surface area contributed by atoms with Gasteiger partial charge in [0.2, 0.25) is 10.0 Å². The summed E-state index contributed by atoms with van der Waals surface area (Å²) in [5, 5.41) is 0.468. The van der Waals surface area contributed by atoms with Crippen molar-refractivity contribution in [1.82, 2.24) is 9.29 Å². The van der Waals surface area contributed by atoms with Crippen LogP contribution in [0.1, 0.15) is 19.9 Å². The third-order valence-electron chi connectivity index (χ3n) is 3.90. The lowest BCUT2D eigenvalue weighted by Crippen LogP contribution is -2.28. The third kappa shape index (κ3) is 4.35. The van der Waals surface area contributed by atoms with E-state index in [2.05, 4.69) is 4.72 Å². The number of rotatable bonds is 7. The van der Waals surface area contributed by atoms with E-state index in [1.807, 2.05) is 13.8 Å². The minimum absolute atomic E-state index is 0.00814. The highest BCUT2D eigenvalue weighted by atomic mass is 35.5. The molecular formula is C18H19ClN2O4S2. The summed E-state index contributed by atoms with van der Waals surface area (Å²) >= 11 is 7.03. The Kier molecular flexibility index (Phi) is 5.90. The number of para-hydroxylation sites is 1. The molecule has 0 spiro atoms. The molecule has 6 nitrogen and oxygen atoms in total. The van der Waals surface area contributed by atoms with Gasteiger partial charge in [-0.05, 0) is 44.2 Å². The van der Waals surface area contributed by atoms with Crippen LogP contribution in [0.5, 0.6) is 5.75 Å². The first-order valence-corrected chi connectivity index (χ1v) is 11.0. The molecule has 0 aliphatic rings. The molecule has 27 heavy (non-hydrogen) atoms. The molecule has 1 heterocycles. The van der Waals surface area contributed by atoms with Crippen LogP contribution in [0.15, 0.2) is 52.2 Å². The van der Waals surface area contributed by atoms with Gasteiger partial charge in [-0.25, -0.2) is 13.1 Å². The first-order chi connectivity index (χ1) is 12.8. The van der Waals surface area contributed by atoms with Crippen LogP contribution >= 0.6 is 22.9 Å². The van der Waals surface area contributed by atoms with Gasteiger partial charge in [-0.1, -0.05) is 35.1 Å². The summed E-state index contributed by atoms with van der Waals surface area (Å²) in [7, 11) is -3.71. The lowest BCUT2D eigenvalue weighted by Gasteiger charge is -2.10. The fourth-order valence-corrected chi connectivity index (χ4v) is 5.01. The largest absolute Gasteiger partial charge is 0.491 e. The van der Waals surface area contributed by atoms with Crippen LogP contribution in [0.3, 0.4) is 0 Å². The van der Waals surface area contributed by atoms with Crippen LogP contribution in [-0.2, 0) is 10.0 Å². The SMILES string of the molecule is CC(C)n1c(=O)sc2cc(S(=O)(=O)NCCOc3ccccc3Cl)ccc21. The van der Waals surface area contributed by atoms with Crippen LogP contribution in [0, 0.1) is 0 Å². The number of nitrogens with one attached hydrogen (secondary N) is 1. The van der Waals surface area contributed by atoms with Crippen LogP contribution in [0.4, 0.5) is 0 Å².